The molecule has 2 aliphatic rings. The molecule has 0 N–H and O–H groups in total. The zero-order valence-electron chi connectivity index (χ0n) is 15.0. The molecule has 0 aliphatic carbocycles. The van der Waals surface area contributed by atoms with Crippen molar-refractivity contribution < 1.29 is 0 Å². The summed E-state index contributed by atoms with van der Waals surface area (Å²) < 4.78 is 0. The van der Waals surface area contributed by atoms with E-state index >= 15 is 0 Å². The van der Waals surface area contributed by atoms with Gasteiger partial charge in [0.15, 0.2) is 0 Å². The van der Waals surface area contributed by atoms with E-state index in [4.69, 9.17) is 0 Å². The van der Waals surface area contributed by atoms with E-state index in [-0.39, 0.29) is 10.9 Å². The summed E-state index contributed by atoms with van der Waals surface area (Å²) in [4.78, 5) is 18.1. The third-order valence-corrected chi connectivity index (χ3v) is 6.60. The normalized spacial score (nSPS) is 14.9. The van der Waals surface area contributed by atoms with Gasteiger partial charge in [-0.25, -0.2) is 9.97 Å². The Hall–Kier alpha value is -2.96. The van der Waals surface area contributed by atoms with Crippen molar-refractivity contribution in [3.05, 3.63) is 101 Å². The predicted molar refractivity (Wildman–Crippen MR) is 120 cm³/mol. The number of pyridine rings is 1. The lowest BCUT2D eigenvalue weighted by Crippen LogP contribution is -1.89. The highest BCUT2D eigenvalue weighted by molar-refractivity contribution is 8.22. The molecule has 0 saturated heterocycles. The Morgan fingerprint density at radius 3 is 2.68 bits per heavy atom. The van der Waals surface area contributed by atoms with Gasteiger partial charge in [0, 0.05) is 40.8 Å². The summed E-state index contributed by atoms with van der Waals surface area (Å²) >= 11 is 1.70. The summed E-state index contributed by atoms with van der Waals surface area (Å²) in [6.45, 7) is 0. The van der Waals surface area contributed by atoms with E-state index in [0.717, 1.165) is 16.3 Å². The predicted octanol–water partition coefficient (Wildman–Crippen LogP) is 5.62. The molecular weight excluding hydrogens is 384 g/mol. The van der Waals surface area contributed by atoms with Crippen molar-refractivity contribution in [2.24, 2.45) is 4.99 Å². The van der Waals surface area contributed by atoms with E-state index in [1.165, 1.54) is 10.5 Å². The largest absolute Gasteiger partial charge is 0.264 e. The maximum Gasteiger partial charge on any atom is 0.117 e. The topological polar surface area (TPSA) is 51.0 Å². The summed E-state index contributed by atoms with van der Waals surface area (Å²) in [6, 6.07) is 14.2. The smallest absolute Gasteiger partial charge is 0.117 e. The molecule has 5 rings (SSSR count). The molecular formula is C22H18N4S2. The molecule has 0 amide bonds. The number of aliphatic imine (C=N–C) groups is 1. The zero-order valence-corrected chi connectivity index (χ0v) is 16.7. The van der Waals surface area contributed by atoms with Crippen LogP contribution < -0.4 is 0 Å². The Balaban J connectivity index is 0.000000151. The number of fused-ring (bicyclic) bond motifs is 1. The summed E-state index contributed by atoms with van der Waals surface area (Å²) in [5.41, 5.74) is 3.15. The van der Waals surface area contributed by atoms with E-state index < -0.39 is 0 Å². The average molecular weight is 403 g/mol. The molecule has 3 aromatic rings. The second-order valence-corrected chi connectivity index (χ2v) is 8.63. The van der Waals surface area contributed by atoms with Gasteiger partial charge in [-0.05, 0) is 40.5 Å². The number of thioether (sulfide) groups is 1. The number of hydrogen-bond donors (Lipinski definition) is 1. The van der Waals surface area contributed by atoms with Crippen LogP contribution in [0.3, 0.4) is 0 Å². The molecule has 0 spiro atoms. The summed E-state index contributed by atoms with van der Waals surface area (Å²) in [6.07, 6.45) is 13.0. The highest BCUT2D eigenvalue weighted by Crippen LogP contribution is 2.41. The van der Waals surface area contributed by atoms with Crippen LogP contribution in [0.5, 0.6) is 0 Å². The summed E-state index contributed by atoms with van der Waals surface area (Å²) in [5.74, 6) is 0. The van der Waals surface area contributed by atoms with Gasteiger partial charge in [-0.1, -0.05) is 42.1 Å². The quantitative estimate of drug-likeness (QED) is 0.446. The van der Waals surface area contributed by atoms with Gasteiger partial charge in [-0.3, -0.25) is 9.98 Å². The van der Waals surface area contributed by atoms with Gasteiger partial charge in [0.25, 0.3) is 0 Å². The Morgan fingerprint density at radius 1 is 0.929 bits per heavy atom. The fraction of sp³-hybridized carbons (Fsp3) is 0. The van der Waals surface area contributed by atoms with Crippen LogP contribution in [0.2, 0.25) is 0 Å². The van der Waals surface area contributed by atoms with E-state index in [2.05, 4.69) is 55.0 Å². The highest BCUT2D eigenvalue weighted by atomic mass is 32.2. The van der Waals surface area contributed by atoms with Crippen LogP contribution >= 0.6 is 22.7 Å². The first-order valence-electron chi connectivity index (χ1n) is 8.70. The molecule has 138 valence electrons. The minimum Gasteiger partial charge on any atom is -0.264 e. The van der Waals surface area contributed by atoms with Gasteiger partial charge in [0.2, 0.25) is 0 Å². The van der Waals surface area contributed by atoms with Gasteiger partial charge in [-0.2, -0.15) is 10.9 Å². The molecule has 0 unspecified atom stereocenters. The van der Waals surface area contributed by atoms with Gasteiger partial charge in [-0.15, -0.1) is 0 Å². The minimum absolute atomic E-state index is 0.379. The number of nitrogens with zero attached hydrogens (tertiary/aromatic N) is 4. The zero-order chi connectivity index (χ0) is 19.0. The molecule has 0 atom stereocenters. The summed E-state index contributed by atoms with van der Waals surface area (Å²) in [5, 5.41) is 7.44. The molecule has 2 aromatic heterocycles. The number of hydrogen-bond acceptors (Lipinski definition) is 5. The van der Waals surface area contributed by atoms with Crippen molar-refractivity contribution in [2.75, 3.05) is 0 Å². The first kappa shape index (κ1) is 18.4. The Morgan fingerprint density at radius 2 is 1.82 bits per heavy atom. The Labute approximate surface area is 171 Å². The minimum atomic E-state index is -0.379. The molecule has 0 saturated carbocycles. The fourth-order valence-corrected chi connectivity index (χ4v) is 4.73. The maximum absolute atomic E-state index is 4.34. The van der Waals surface area contributed by atoms with Crippen molar-refractivity contribution in [1.82, 2.24) is 15.0 Å². The second-order valence-electron chi connectivity index (χ2n) is 5.81. The van der Waals surface area contributed by atoms with E-state index in [9.17, 15) is 0 Å². The Bertz CT molecular complexity index is 1050. The van der Waals surface area contributed by atoms with E-state index in [1.807, 2.05) is 54.4 Å². The first-order valence-corrected chi connectivity index (χ1v) is 11.1. The molecule has 4 heterocycles. The number of aromatic nitrogens is 3. The Kier molecular flexibility index (Phi) is 6.11. The molecule has 0 bridgehead atoms. The van der Waals surface area contributed by atoms with Gasteiger partial charge < -0.3 is 0 Å². The molecule has 4 nitrogen and oxygen atoms in total. The summed E-state index contributed by atoms with van der Waals surface area (Å²) in [7, 11) is -0.379. The van der Waals surface area contributed by atoms with E-state index in [1.54, 1.807) is 24.3 Å². The first-order chi connectivity index (χ1) is 13.9. The van der Waals surface area contributed by atoms with Crippen LogP contribution in [0.25, 0.3) is 11.3 Å². The third-order valence-electron chi connectivity index (χ3n) is 3.95. The molecule has 0 fully saturated rings. The SMILES string of the molecule is C1=CSc2ccccc2C=N1.C1=C[SH](c2cc(-c3cccnc3)ncn2)C=C1. The molecule has 6 heteroatoms. The van der Waals surface area contributed by atoms with Crippen LogP contribution in [0.4, 0.5) is 0 Å². The lowest BCUT2D eigenvalue weighted by Gasteiger charge is -2.09. The van der Waals surface area contributed by atoms with E-state index in [0.29, 0.717) is 0 Å². The van der Waals surface area contributed by atoms with Gasteiger partial charge in [0.05, 0.1) is 10.7 Å². The lowest BCUT2D eigenvalue weighted by molar-refractivity contribution is 1.05. The maximum atomic E-state index is 4.34. The van der Waals surface area contributed by atoms with Gasteiger partial charge >= 0.3 is 0 Å². The molecule has 2 aliphatic heterocycles. The van der Waals surface area contributed by atoms with Crippen molar-refractivity contribution in [3.8, 4) is 11.3 Å². The van der Waals surface area contributed by atoms with Crippen molar-refractivity contribution in [3.63, 3.8) is 0 Å². The molecule has 1 aromatic carbocycles. The number of allylic oxidation sites excluding steroid dienone is 2. The average Bonchev–Trinajstić information content (AvgIpc) is 3.20. The van der Waals surface area contributed by atoms with Gasteiger partial charge in [0.1, 0.15) is 6.33 Å². The van der Waals surface area contributed by atoms with Crippen molar-refractivity contribution >= 4 is 28.9 Å². The van der Waals surface area contributed by atoms with Crippen LogP contribution in [-0.2, 0) is 0 Å². The number of rotatable bonds is 2. The lowest BCUT2D eigenvalue weighted by atomic mass is 10.2. The fourth-order valence-electron chi connectivity index (χ4n) is 2.60. The third kappa shape index (κ3) is 4.65. The number of benzene rings is 1. The van der Waals surface area contributed by atoms with Crippen LogP contribution in [0, 0.1) is 0 Å². The standard InChI is InChI=1S/C13H11N3S.C9H7NS/c1-2-7-17(6-1)13-8-12(15-10-16-13)11-4-3-5-14-9-11;1-2-4-9-8(3-1)7-10-5-6-11-9/h1-10,17H;1-7H. The van der Waals surface area contributed by atoms with Crippen molar-refractivity contribution in [1.29, 1.82) is 0 Å². The number of thiol groups is 1. The second kappa shape index (κ2) is 9.30. The highest BCUT2D eigenvalue weighted by Gasteiger charge is 2.07. The van der Waals surface area contributed by atoms with Crippen LogP contribution in [0.1, 0.15) is 5.56 Å². The van der Waals surface area contributed by atoms with Crippen LogP contribution in [0.15, 0.2) is 111 Å². The molecule has 0 radical (unpaired) electrons. The molecule has 28 heavy (non-hydrogen) atoms. The van der Waals surface area contributed by atoms with Crippen molar-refractivity contribution in [2.45, 2.75) is 9.92 Å². The monoisotopic (exact) mass is 402 g/mol. The van der Waals surface area contributed by atoms with Crippen LogP contribution in [-0.4, -0.2) is 21.2 Å².